The summed E-state index contributed by atoms with van der Waals surface area (Å²) in [5, 5.41) is 10.5. The van der Waals surface area contributed by atoms with Gasteiger partial charge in [0.2, 0.25) is 0 Å². The van der Waals surface area contributed by atoms with Gasteiger partial charge in [-0.15, -0.1) is 0 Å². The monoisotopic (exact) mass is 245 g/mol. The minimum atomic E-state index is -0.593. The number of benzene rings is 2. The molecule has 0 fully saturated rings. The first-order valence-electron chi connectivity index (χ1n) is 5.44. The number of aryl methyl sites for hydroxylation is 1. The summed E-state index contributed by atoms with van der Waals surface area (Å²) in [6.45, 7) is 1.79. The summed E-state index contributed by atoms with van der Waals surface area (Å²) in [6, 6.07) is 12.0. The molecule has 1 N–H and O–H groups in total. The summed E-state index contributed by atoms with van der Waals surface area (Å²) in [5.41, 5.74) is 1.41. The fraction of sp³-hybridized carbons (Fsp3) is 0.0714. The van der Waals surface area contributed by atoms with Gasteiger partial charge in [-0.25, -0.2) is 4.39 Å². The number of hydroxylamine groups is 1. The van der Waals surface area contributed by atoms with Crippen LogP contribution in [0, 0.1) is 12.7 Å². The first-order valence-corrected chi connectivity index (χ1v) is 5.44. The molecule has 0 saturated heterocycles. The van der Waals surface area contributed by atoms with E-state index in [0.717, 1.165) is 5.56 Å². The molecule has 2 aromatic carbocycles. The highest BCUT2D eigenvalue weighted by Gasteiger charge is 2.16. The standard InChI is InChI=1S/C14H12FNO2/c1-10-4-2-3-5-13(10)16(18)14(17)11-6-8-12(15)9-7-11/h2-9,18H,1H3. The van der Waals surface area contributed by atoms with Gasteiger partial charge in [0.05, 0.1) is 5.69 Å². The second-order valence-corrected chi connectivity index (χ2v) is 3.91. The van der Waals surface area contributed by atoms with Crippen molar-refractivity contribution in [3.63, 3.8) is 0 Å². The molecule has 0 atom stereocenters. The van der Waals surface area contributed by atoms with Gasteiger partial charge in [0.1, 0.15) is 5.82 Å². The van der Waals surface area contributed by atoms with Crippen LogP contribution < -0.4 is 5.06 Å². The van der Waals surface area contributed by atoms with Crippen molar-refractivity contribution in [3.8, 4) is 0 Å². The predicted molar refractivity (Wildman–Crippen MR) is 66.2 cm³/mol. The van der Waals surface area contributed by atoms with Crippen LogP contribution in [-0.2, 0) is 0 Å². The highest BCUT2D eigenvalue weighted by atomic mass is 19.1. The molecule has 0 aliphatic heterocycles. The highest BCUT2D eigenvalue weighted by molar-refractivity contribution is 6.04. The first kappa shape index (κ1) is 12.3. The Morgan fingerprint density at radius 2 is 1.72 bits per heavy atom. The Labute approximate surface area is 104 Å². The number of nitrogens with zero attached hydrogens (tertiary/aromatic N) is 1. The Bertz CT molecular complexity index is 566. The van der Waals surface area contributed by atoms with E-state index in [1.54, 1.807) is 25.1 Å². The van der Waals surface area contributed by atoms with E-state index in [1.807, 2.05) is 6.07 Å². The van der Waals surface area contributed by atoms with E-state index in [1.165, 1.54) is 24.3 Å². The van der Waals surface area contributed by atoms with Crippen LogP contribution in [0.2, 0.25) is 0 Å². The second kappa shape index (κ2) is 4.98. The van der Waals surface area contributed by atoms with Crippen LogP contribution >= 0.6 is 0 Å². The highest BCUT2D eigenvalue weighted by Crippen LogP contribution is 2.19. The zero-order chi connectivity index (χ0) is 13.1. The Hall–Kier alpha value is -2.20. The molecule has 0 saturated carbocycles. The number of halogens is 1. The van der Waals surface area contributed by atoms with Gasteiger partial charge in [-0.3, -0.25) is 10.0 Å². The third-order valence-electron chi connectivity index (χ3n) is 2.63. The van der Waals surface area contributed by atoms with Crippen LogP contribution in [0.25, 0.3) is 0 Å². The molecule has 0 aliphatic rings. The second-order valence-electron chi connectivity index (χ2n) is 3.91. The maximum absolute atomic E-state index is 12.8. The lowest BCUT2D eigenvalue weighted by Gasteiger charge is -2.17. The van der Waals surface area contributed by atoms with Crippen LogP contribution in [-0.4, -0.2) is 11.1 Å². The van der Waals surface area contributed by atoms with Gasteiger partial charge >= 0.3 is 0 Å². The van der Waals surface area contributed by atoms with Crippen LogP contribution in [0.15, 0.2) is 48.5 Å². The van der Waals surface area contributed by atoms with Gasteiger partial charge in [-0.05, 0) is 42.8 Å². The van der Waals surface area contributed by atoms with Gasteiger partial charge in [0.15, 0.2) is 0 Å². The molecular formula is C14H12FNO2. The molecule has 0 aromatic heterocycles. The smallest absolute Gasteiger partial charge is 0.281 e. The molecule has 3 nitrogen and oxygen atoms in total. The van der Waals surface area contributed by atoms with Crippen molar-refractivity contribution in [1.29, 1.82) is 0 Å². The van der Waals surface area contributed by atoms with Crippen molar-refractivity contribution in [2.45, 2.75) is 6.92 Å². The molecule has 0 bridgehead atoms. The van der Waals surface area contributed by atoms with E-state index in [-0.39, 0.29) is 5.56 Å². The summed E-state index contributed by atoms with van der Waals surface area (Å²) >= 11 is 0. The molecule has 0 radical (unpaired) electrons. The molecular weight excluding hydrogens is 233 g/mol. The topological polar surface area (TPSA) is 40.5 Å². The number of hydrogen-bond acceptors (Lipinski definition) is 2. The zero-order valence-corrected chi connectivity index (χ0v) is 9.80. The molecule has 2 aromatic rings. The molecule has 0 unspecified atom stereocenters. The summed E-state index contributed by atoms with van der Waals surface area (Å²) < 4.78 is 12.8. The number of anilines is 1. The van der Waals surface area contributed by atoms with Gasteiger partial charge in [-0.1, -0.05) is 18.2 Å². The number of rotatable bonds is 2. The van der Waals surface area contributed by atoms with E-state index >= 15 is 0 Å². The number of hydrogen-bond donors (Lipinski definition) is 1. The molecule has 0 aliphatic carbocycles. The number of carbonyl (C=O) groups excluding carboxylic acids is 1. The predicted octanol–water partition coefficient (Wildman–Crippen LogP) is 3.17. The Morgan fingerprint density at radius 1 is 1.11 bits per heavy atom. The van der Waals surface area contributed by atoms with Gasteiger partial charge in [0, 0.05) is 5.56 Å². The van der Waals surface area contributed by atoms with E-state index < -0.39 is 11.7 Å². The average Bonchev–Trinajstić information content (AvgIpc) is 2.38. The van der Waals surface area contributed by atoms with Crippen molar-refractivity contribution in [2.24, 2.45) is 0 Å². The van der Waals surface area contributed by atoms with Crippen LogP contribution in [0.4, 0.5) is 10.1 Å². The minimum Gasteiger partial charge on any atom is -0.281 e. The van der Waals surface area contributed by atoms with E-state index in [2.05, 4.69) is 0 Å². The van der Waals surface area contributed by atoms with E-state index in [4.69, 9.17) is 0 Å². The molecule has 92 valence electrons. The van der Waals surface area contributed by atoms with Crippen LogP contribution in [0.3, 0.4) is 0 Å². The lowest BCUT2D eigenvalue weighted by atomic mass is 10.1. The molecule has 18 heavy (non-hydrogen) atoms. The van der Waals surface area contributed by atoms with Crippen molar-refractivity contribution < 1.29 is 14.4 Å². The van der Waals surface area contributed by atoms with Crippen molar-refractivity contribution >= 4 is 11.6 Å². The van der Waals surface area contributed by atoms with E-state index in [0.29, 0.717) is 10.8 Å². The molecule has 2 rings (SSSR count). The number of para-hydroxylation sites is 1. The largest absolute Gasteiger partial charge is 0.281 e. The Kier molecular flexibility index (Phi) is 3.39. The van der Waals surface area contributed by atoms with Crippen LogP contribution in [0.5, 0.6) is 0 Å². The fourth-order valence-electron chi connectivity index (χ4n) is 1.63. The normalized spacial score (nSPS) is 10.2. The maximum Gasteiger partial charge on any atom is 0.281 e. The molecule has 4 heteroatoms. The molecule has 0 spiro atoms. The van der Waals surface area contributed by atoms with Crippen molar-refractivity contribution in [3.05, 3.63) is 65.5 Å². The third-order valence-corrected chi connectivity index (χ3v) is 2.63. The summed E-state index contributed by atoms with van der Waals surface area (Å²) in [4.78, 5) is 12.0. The first-order chi connectivity index (χ1) is 8.59. The van der Waals surface area contributed by atoms with Gasteiger partial charge in [0.25, 0.3) is 5.91 Å². The number of carbonyl (C=O) groups is 1. The Balaban J connectivity index is 2.29. The summed E-state index contributed by atoms with van der Waals surface area (Å²) in [7, 11) is 0. The Morgan fingerprint density at radius 3 is 2.33 bits per heavy atom. The van der Waals surface area contributed by atoms with Crippen molar-refractivity contribution in [1.82, 2.24) is 0 Å². The lowest BCUT2D eigenvalue weighted by molar-refractivity contribution is 0.0854. The third kappa shape index (κ3) is 2.38. The fourth-order valence-corrected chi connectivity index (χ4v) is 1.63. The number of amides is 1. The maximum atomic E-state index is 12.8. The van der Waals surface area contributed by atoms with E-state index in [9.17, 15) is 14.4 Å². The summed E-state index contributed by atoms with van der Waals surface area (Å²) in [5.74, 6) is -1.02. The van der Waals surface area contributed by atoms with Crippen molar-refractivity contribution in [2.75, 3.05) is 5.06 Å². The summed E-state index contributed by atoms with van der Waals surface area (Å²) in [6.07, 6.45) is 0. The SMILES string of the molecule is Cc1ccccc1N(O)C(=O)c1ccc(F)cc1. The minimum absolute atomic E-state index is 0.224. The van der Waals surface area contributed by atoms with Gasteiger partial charge < -0.3 is 0 Å². The molecule has 0 heterocycles. The van der Waals surface area contributed by atoms with Crippen LogP contribution in [0.1, 0.15) is 15.9 Å². The average molecular weight is 245 g/mol. The quantitative estimate of drug-likeness (QED) is 0.652. The van der Waals surface area contributed by atoms with Gasteiger partial charge in [-0.2, -0.15) is 5.06 Å². The zero-order valence-electron chi connectivity index (χ0n) is 9.80. The molecule has 1 amide bonds. The lowest BCUT2D eigenvalue weighted by Crippen LogP contribution is -2.27.